The van der Waals surface area contributed by atoms with E-state index in [1.54, 1.807) is 30.3 Å². The predicted octanol–water partition coefficient (Wildman–Crippen LogP) is 1.82. The van der Waals surface area contributed by atoms with Crippen LogP contribution in [0.15, 0.2) is 36.4 Å². The highest BCUT2D eigenvalue weighted by Crippen LogP contribution is 2.32. The molecular formula is C18H14N2O5. The molecule has 0 atom stereocenters. The number of nitrogens with zero attached hydrogens (tertiary/aromatic N) is 1. The first-order chi connectivity index (χ1) is 12.0. The number of rotatable bonds is 3. The summed E-state index contributed by atoms with van der Waals surface area (Å²) in [4.78, 5) is 37.2. The molecule has 126 valence electrons. The monoisotopic (exact) mass is 338 g/mol. The SMILES string of the molecule is CN1C(=O)c2ccc(NC(=O)Cc3ccc4c(c3)OCO4)cc2C1=O. The summed E-state index contributed by atoms with van der Waals surface area (Å²) in [5.41, 5.74) is 1.91. The standard InChI is InChI=1S/C18H14N2O5/c1-20-17(22)12-4-3-11(8-13(12)18(20)23)19-16(21)7-10-2-5-14-15(6-10)25-9-24-14/h2-6,8H,7,9H2,1H3,(H,19,21). The van der Waals surface area contributed by atoms with E-state index in [1.807, 2.05) is 0 Å². The van der Waals surface area contributed by atoms with Gasteiger partial charge >= 0.3 is 0 Å². The number of nitrogens with one attached hydrogen (secondary N) is 1. The van der Waals surface area contributed by atoms with E-state index in [2.05, 4.69) is 5.32 Å². The molecule has 2 aliphatic heterocycles. The largest absolute Gasteiger partial charge is 0.454 e. The maximum Gasteiger partial charge on any atom is 0.261 e. The molecular weight excluding hydrogens is 324 g/mol. The predicted molar refractivity (Wildman–Crippen MR) is 87.8 cm³/mol. The molecule has 0 fully saturated rings. The van der Waals surface area contributed by atoms with E-state index in [-0.39, 0.29) is 30.9 Å². The Morgan fingerprint density at radius 3 is 2.64 bits per heavy atom. The molecule has 4 rings (SSSR count). The lowest BCUT2D eigenvalue weighted by Gasteiger charge is -2.07. The zero-order valence-corrected chi connectivity index (χ0v) is 13.4. The summed E-state index contributed by atoms with van der Waals surface area (Å²) in [6.07, 6.45) is 0.153. The summed E-state index contributed by atoms with van der Waals surface area (Å²) in [6, 6.07) is 10.0. The van der Waals surface area contributed by atoms with Gasteiger partial charge in [-0.3, -0.25) is 19.3 Å². The lowest BCUT2D eigenvalue weighted by Crippen LogP contribution is -2.24. The van der Waals surface area contributed by atoms with Gasteiger partial charge in [0.1, 0.15) is 0 Å². The summed E-state index contributed by atoms with van der Waals surface area (Å²) in [5.74, 6) is 0.346. The van der Waals surface area contributed by atoms with E-state index < -0.39 is 0 Å². The number of ether oxygens (including phenoxy) is 2. The molecule has 2 aromatic carbocycles. The Morgan fingerprint density at radius 1 is 1.04 bits per heavy atom. The Bertz CT molecular complexity index is 922. The average molecular weight is 338 g/mol. The van der Waals surface area contributed by atoms with Crippen LogP contribution in [0.4, 0.5) is 5.69 Å². The van der Waals surface area contributed by atoms with Crippen LogP contribution in [0.3, 0.4) is 0 Å². The lowest BCUT2D eigenvalue weighted by molar-refractivity contribution is -0.115. The van der Waals surface area contributed by atoms with Crippen LogP contribution in [-0.2, 0) is 11.2 Å². The van der Waals surface area contributed by atoms with Crippen LogP contribution in [0, 0.1) is 0 Å². The van der Waals surface area contributed by atoms with E-state index in [0.29, 0.717) is 28.3 Å². The fourth-order valence-electron chi connectivity index (χ4n) is 2.88. The first-order valence-electron chi connectivity index (χ1n) is 7.68. The van der Waals surface area contributed by atoms with Crippen LogP contribution in [0.25, 0.3) is 0 Å². The van der Waals surface area contributed by atoms with Gasteiger partial charge in [0.25, 0.3) is 11.8 Å². The van der Waals surface area contributed by atoms with Gasteiger partial charge in [0.2, 0.25) is 12.7 Å². The molecule has 2 aromatic rings. The highest BCUT2D eigenvalue weighted by molar-refractivity contribution is 6.21. The fourth-order valence-corrected chi connectivity index (χ4v) is 2.88. The second-order valence-electron chi connectivity index (χ2n) is 5.84. The Kier molecular flexibility index (Phi) is 3.42. The molecule has 0 saturated carbocycles. The maximum absolute atomic E-state index is 12.2. The number of imide groups is 1. The van der Waals surface area contributed by atoms with E-state index >= 15 is 0 Å². The average Bonchev–Trinajstić information content (AvgIpc) is 3.14. The van der Waals surface area contributed by atoms with Crippen molar-refractivity contribution in [2.75, 3.05) is 19.2 Å². The third kappa shape index (κ3) is 2.59. The van der Waals surface area contributed by atoms with Crippen molar-refractivity contribution in [3.8, 4) is 11.5 Å². The third-order valence-corrected chi connectivity index (χ3v) is 4.18. The van der Waals surface area contributed by atoms with Gasteiger partial charge in [-0.15, -0.1) is 0 Å². The highest BCUT2D eigenvalue weighted by atomic mass is 16.7. The number of hydrogen-bond acceptors (Lipinski definition) is 5. The Labute approximate surface area is 143 Å². The van der Waals surface area contributed by atoms with E-state index in [1.165, 1.54) is 13.1 Å². The number of carbonyl (C=O) groups is 3. The molecule has 0 unspecified atom stereocenters. The molecule has 7 nitrogen and oxygen atoms in total. The second-order valence-corrected chi connectivity index (χ2v) is 5.84. The molecule has 7 heteroatoms. The minimum absolute atomic E-state index is 0.153. The first kappa shape index (κ1) is 15.2. The van der Waals surface area contributed by atoms with Gasteiger partial charge in [-0.05, 0) is 35.9 Å². The molecule has 0 bridgehead atoms. The molecule has 2 aliphatic rings. The van der Waals surface area contributed by atoms with Crippen molar-refractivity contribution in [2.24, 2.45) is 0 Å². The van der Waals surface area contributed by atoms with E-state index in [4.69, 9.17) is 9.47 Å². The van der Waals surface area contributed by atoms with Gasteiger partial charge < -0.3 is 14.8 Å². The van der Waals surface area contributed by atoms with Gasteiger partial charge in [-0.1, -0.05) is 6.07 Å². The minimum Gasteiger partial charge on any atom is -0.454 e. The number of amides is 3. The Hall–Kier alpha value is -3.35. The van der Waals surface area contributed by atoms with Gasteiger partial charge in [0.05, 0.1) is 17.5 Å². The summed E-state index contributed by atoms with van der Waals surface area (Å²) in [6.45, 7) is 0.182. The van der Waals surface area contributed by atoms with Gasteiger partial charge in [-0.25, -0.2) is 0 Å². The second kappa shape index (κ2) is 5.62. The molecule has 1 N–H and O–H groups in total. The van der Waals surface area contributed by atoms with Crippen molar-refractivity contribution in [3.63, 3.8) is 0 Å². The van der Waals surface area contributed by atoms with Crippen molar-refractivity contribution < 1.29 is 23.9 Å². The normalized spacial score (nSPS) is 14.7. The zero-order chi connectivity index (χ0) is 17.6. The summed E-state index contributed by atoms with van der Waals surface area (Å²) < 4.78 is 10.5. The van der Waals surface area contributed by atoms with E-state index in [0.717, 1.165) is 10.5 Å². The molecule has 0 spiro atoms. The zero-order valence-electron chi connectivity index (χ0n) is 13.4. The molecule has 0 aromatic heterocycles. The van der Waals surface area contributed by atoms with Crippen LogP contribution < -0.4 is 14.8 Å². The van der Waals surface area contributed by atoms with Crippen molar-refractivity contribution in [2.45, 2.75) is 6.42 Å². The molecule has 0 aliphatic carbocycles. The van der Waals surface area contributed by atoms with Gasteiger partial charge in [0.15, 0.2) is 11.5 Å². The smallest absolute Gasteiger partial charge is 0.261 e. The molecule has 2 heterocycles. The van der Waals surface area contributed by atoms with Crippen molar-refractivity contribution >= 4 is 23.4 Å². The van der Waals surface area contributed by atoms with Crippen LogP contribution in [0.5, 0.6) is 11.5 Å². The molecule has 25 heavy (non-hydrogen) atoms. The number of benzene rings is 2. The van der Waals surface area contributed by atoms with Gasteiger partial charge in [0, 0.05) is 12.7 Å². The Morgan fingerprint density at radius 2 is 1.80 bits per heavy atom. The third-order valence-electron chi connectivity index (χ3n) is 4.18. The summed E-state index contributed by atoms with van der Waals surface area (Å²) in [7, 11) is 1.43. The highest BCUT2D eigenvalue weighted by Gasteiger charge is 2.32. The first-order valence-corrected chi connectivity index (χ1v) is 7.68. The van der Waals surface area contributed by atoms with Crippen molar-refractivity contribution in [3.05, 3.63) is 53.1 Å². The molecule has 0 saturated heterocycles. The van der Waals surface area contributed by atoms with Gasteiger partial charge in [-0.2, -0.15) is 0 Å². The molecule has 3 amide bonds. The van der Waals surface area contributed by atoms with Crippen molar-refractivity contribution in [1.29, 1.82) is 0 Å². The summed E-state index contributed by atoms with van der Waals surface area (Å²) >= 11 is 0. The Balaban J connectivity index is 1.49. The summed E-state index contributed by atoms with van der Waals surface area (Å²) in [5, 5.41) is 2.75. The topological polar surface area (TPSA) is 84.9 Å². The number of anilines is 1. The fraction of sp³-hybridized carbons (Fsp3) is 0.167. The molecule has 0 radical (unpaired) electrons. The van der Waals surface area contributed by atoms with Crippen LogP contribution >= 0.6 is 0 Å². The van der Waals surface area contributed by atoms with E-state index in [9.17, 15) is 14.4 Å². The quantitative estimate of drug-likeness (QED) is 0.863. The van der Waals surface area contributed by atoms with Crippen molar-refractivity contribution in [1.82, 2.24) is 4.90 Å². The number of fused-ring (bicyclic) bond motifs is 2. The minimum atomic E-state index is -0.369. The van der Waals surface area contributed by atoms with Crippen LogP contribution in [-0.4, -0.2) is 36.5 Å². The van der Waals surface area contributed by atoms with Crippen LogP contribution in [0.2, 0.25) is 0 Å². The number of hydrogen-bond donors (Lipinski definition) is 1. The maximum atomic E-state index is 12.2. The lowest BCUT2D eigenvalue weighted by atomic mass is 10.1. The van der Waals surface area contributed by atoms with Crippen LogP contribution in [0.1, 0.15) is 26.3 Å². The number of carbonyl (C=O) groups excluding carboxylic acids is 3.